The zero-order chi connectivity index (χ0) is 15.6. The molecule has 0 aliphatic heterocycles. The normalized spacial score (nSPS) is 12.3. The number of rotatable bonds is 3. The van der Waals surface area contributed by atoms with Crippen molar-refractivity contribution in [3.8, 4) is 0 Å². The van der Waals surface area contributed by atoms with Gasteiger partial charge in [0, 0.05) is 11.2 Å². The second kappa shape index (κ2) is 5.83. The number of carbonyl (C=O) groups excluding carboxylic acids is 1. The quantitative estimate of drug-likeness (QED) is 0.895. The van der Waals surface area contributed by atoms with Crippen molar-refractivity contribution in [1.29, 1.82) is 0 Å². The topological polar surface area (TPSA) is 41.1 Å². The summed E-state index contributed by atoms with van der Waals surface area (Å²) in [5.41, 5.74) is -0.701. The Bertz CT molecular complexity index is 490. The molecule has 0 spiro atoms. The molecule has 0 saturated carbocycles. The largest absolute Gasteiger partial charge is 0.416 e. The zero-order valence-electron chi connectivity index (χ0n) is 12.0. The van der Waals surface area contributed by atoms with Crippen LogP contribution < -0.4 is 10.6 Å². The molecule has 0 heterocycles. The second-order valence-electron chi connectivity index (χ2n) is 5.68. The van der Waals surface area contributed by atoms with Gasteiger partial charge in [0.1, 0.15) is 0 Å². The monoisotopic (exact) mass is 288 g/mol. The summed E-state index contributed by atoms with van der Waals surface area (Å²) >= 11 is 0. The Morgan fingerprint density at radius 3 is 2.30 bits per heavy atom. The van der Waals surface area contributed by atoms with Crippen molar-refractivity contribution in [3.05, 3.63) is 29.3 Å². The van der Waals surface area contributed by atoms with Gasteiger partial charge in [0.15, 0.2) is 0 Å². The van der Waals surface area contributed by atoms with Gasteiger partial charge in [-0.1, -0.05) is 6.07 Å². The molecular formula is C14H19F3N2O. The van der Waals surface area contributed by atoms with E-state index in [1.54, 1.807) is 0 Å². The number of halogens is 3. The zero-order valence-corrected chi connectivity index (χ0v) is 12.0. The standard InChI is InChI=1S/C14H19F3N2O/c1-9-5-6-10(7-11(9)14(15,16)17)19-12(20)8-18-13(2,3)4/h5-7,18H,8H2,1-4H3,(H,19,20). The highest BCUT2D eigenvalue weighted by Crippen LogP contribution is 2.33. The number of alkyl halides is 3. The second-order valence-corrected chi connectivity index (χ2v) is 5.68. The van der Waals surface area contributed by atoms with E-state index in [0.717, 1.165) is 6.07 Å². The molecule has 1 aromatic carbocycles. The number of nitrogens with one attached hydrogen (secondary N) is 2. The van der Waals surface area contributed by atoms with E-state index in [0.29, 0.717) is 0 Å². The van der Waals surface area contributed by atoms with Crippen molar-refractivity contribution in [3.63, 3.8) is 0 Å². The minimum Gasteiger partial charge on any atom is -0.325 e. The highest BCUT2D eigenvalue weighted by Gasteiger charge is 2.32. The Balaban J connectivity index is 2.77. The molecule has 0 atom stereocenters. The summed E-state index contributed by atoms with van der Waals surface area (Å²) in [6.45, 7) is 7.12. The minimum atomic E-state index is -4.42. The van der Waals surface area contributed by atoms with Gasteiger partial charge in [0.2, 0.25) is 5.91 Å². The van der Waals surface area contributed by atoms with Crippen LogP contribution in [0.5, 0.6) is 0 Å². The van der Waals surface area contributed by atoms with Gasteiger partial charge in [-0.15, -0.1) is 0 Å². The number of carbonyl (C=O) groups is 1. The highest BCUT2D eigenvalue weighted by atomic mass is 19.4. The Morgan fingerprint density at radius 1 is 1.20 bits per heavy atom. The van der Waals surface area contributed by atoms with Gasteiger partial charge in [0.05, 0.1) is 12.1 Å². The van der Waals surface area contributed by atoms with E-state index in [1.165, 1.54) is 19.1 Å². The van der Waals surface area contributed by atoms with Crippen LogP contribution in [0, 0.1) is 6.92 Å². The number of hydrogen-bond acceptors (Lipinski definition) is 2. The first kappa shape index (κ1) is 16.5. The minimum absolute atomic E-state index is 0.0404. The summed E-state index contributed by atoms with van der Waals surface area (Å²) in [6, 6.07) is 3.75. The molecule has 112 valence electrons. The fraction of sp³-hybridized carbons (Fsp3) is 0.500. The molecule has 0 aliphatic carbocycles. The predicted molar refractivity (Wildman–Crippen MR) is 72.6 cm³/mol. The van der Waals surface area contributed by atoms with Crippen LogP contribution in [-0.4, -0.2) is 18.0 Å². The number of anilines is 1. The molecule has 3 nitrogen and oxygen atoms in total. The molecule has 0 aliphatic rings. The van der Waals surface area contributed by atoms with Crippen LogP contribution in [0.1, 0.15) is 31.9 Å². The van der Waals surface area contributed by atoms with E-state index >= 15 is 0 Å². The summed E-state index contributed by atoms with van der Waals surface area (Å²) in [4.78, 5) is 11.7. The molecule has 0 aromatic heterocycles. The summed E-state index contributed by atoms with van der Waals surface area (Å²) in [7, 11) is 0. The van der Waals surface area contributed by atoms with Crippen molar-refractivity contribution < 1.29 is 18.0 Å². The third kappa shape index (κ3) is 5.21. The third-order valence-corrected chi connectivity index (χ3v) is 2.61. The van der Waals surface area contributed by atoms with E-state index in [-0.39, 0.29) is 29.2 Å². The van der Waals surface area contributed by atoms with Crippen LogP contribution in [0.3, 0.4) is 0 Å². The van der Waals surface area contributed by atoms with E-state index in [1.807, 2.05) is 20.8 Å². The van der Waals surface area contributed by atoms with Gasteiger partial charge < -0.3 is 10.6 Å². The van der Waals surface area contributed by atoms with Gasteiger partial charge in [-0.25, -0.2) is 0 Å². The van der Waals surface area contributed by atoms with Crippen LogP contribution in [0.4, 0.5) is 18.9 Å². The van der Waals surface area contributed by atoms with E-state index < -0.39 is 11.7 Å². The van der Waals surface area contributed by atoms with Gasteiger partial charge in [-0.05, 0) is 45.4 Å². The average molecular weight is 288 g/mol. The lowest BCUT2D eigenvalue weighted by Crippen LogP contribution is -2.41. The lowest BCUT2D eigenvalue weighted by atomic mass is 10.1. The summed E-state index contributed by atoms with van der Waals surface area (Å²) < 4.78 is 38.2. The molecule has 6 heteroatoms. The third-order valence-electron chi connectivity index (χ3n) is 2.61. The predicted octanol–water partition coefficient (Wildman–Crippen LogP) is 3.34. The Morgan fingerprint density at radius 2 is 1.80 bits per heavy atom. The average Bonchev–Trinajstić information content (AvgIpc) is 2.27. The first-order valence-corrected chi connectivity index (χ1v) is 6.22. The van der Waals surface area contributed by atoms with Crippen LogP contribution in [0.2, 0.25) is 0 Å². The molecule has 1 rings (SSSR count). The SMILES string of the molecule is Cc1ccc(NC(=O)CNC(C)(C)C)cc1C(F)(F)F. The Kier molecular flexibility index (Phi) is 4.81. The van der Waals surface area contributed by atoms with E-state index in [4.69, 9.17) is 0 Å². The maximum Gasteiger partial charge on any atom is 0.416 e. The first-order valence-electron chi connectivity index (χ1n) is 6.22. The molecule has 0 radical (unpaired) electrons. The maximum atomic E-state index is 12.7. The number of benzene rings is 1. The smallest absolute Gasteiger partial charge is 0.325 e. The van der Waals surface area contributed by atoms with Gasteiger partial charge in [-0.3, -0.25) is 4.79 Å². The van der Waals surface area contributed by atoms with Gasteiger partial charge >= 0.3 is 6.18 Å². The van der Waals surface area contributed by atoms with Crippen LogP contribution >= 0.6 is 0 Å². The van der Waals surface area contributed by atoms with Crippen molar-refractivity contribution in [1.82, 2.24) is 5.32 Å². The van der Waals surface area contributed by atoms with Crippen molar-refractivity contribution in [2.24, 2.45) is 0 Å². The van der Waals surface area contributed by atoms with E-state index in [9.17, 15) is 18.0 Å². The Hall–Kier alpha value is -1.56. The number of hydrogen-bond donors (Lipinski definition) is 2. The number of aryl methyl sites for hydroxylation is 1. The van der Waals surface area contributed by atoms with Gasteiger partial charge in [0.25, 0.3) is 0 Å². The van der Waals surface area contributed by atoms with Crippen molar-refractivity contribution in [2.45, 2.75) is 39.4 Å². The molecule has 0 saturated heterocycles. The molecule has 0 unspecified atom stereocenters. The van der Waals surface area contributed by atoms with Gasteiger partial charge in [-0.2, -0.15) is 13.2 Å². The van der Waals surface area contributed by atoms with Crippen LogP contribution in [-0.2, 0) is 11.0 Å². The number of amides is 1. The molecule has 0 fully saturated rings. The fourth-order valence-corrected chi connectivity index (χ4v) is 1.56. The summed E-state index contributed by atoms with van der Waals surface area (Å²) in [5, 5.41) is 5.42. The lowest BCUT2D eigenvalue weighted by Gasteiger charge is -2.20. The van der Waals surface area contributed by atoms with Crippen molar-refractivity contribution in [2.75, 3.05) is 11.9 Å². The molecule has 20 heavy (non-hydrogen) atoms. The Labute approximate surface area is 116 Å². The molecule has 2 N–H and O–H groups in total. The van der Waals surface area contributed by atoms with Crippen LogP contribution in [0.15, 0.2) is 18.2 Å². The highest BCUT2D eigenvalue weighted by molar-refractivity contribution is 5.92. The maximum absolute atomic E-state index is 12.7. The molecule has 1 aromatic rings. The lowest BCUT2D eigenvalue weighted by molar-refractivity contribution is -0.138. The first-order chi connectivity index (χ1) is 8.99. The summed E-state index contributed by atoms with van der Waals surface area (Å²) in [6.07, 6.45) is -4.42. The van der Waals surface area contributed by atoms with Crippen LogP contribution in [0.25, 0.3) is 0 Å². The molecule has 0 bridgehead atoms. The molecule has 1 amide bonds. The molecular weight excluding hydrogens is 269 g/mol. The fourth-order valence-electron chi connectivity index (χ4n) is 1.56. The summed E-state index contributed by atoms with van der Waals surface area (Å²) in [5.74, 6) is -0.378. The van der Waals surface area contributed by atoms with E-state index in [2.05, 4.69) is 10.6 Å². The van der Waals surface area contributed by atoms with Crippen molar-refractivity contribution >= 4 is 11.6 Å².